The van der Waals surface area contributed by atoms with E-state index in [0.717, 1.165) is 31.6 Å². The van der Waals surface area contributed by atoms with E-state index in [9.17, 15) is 0 Å². The van der Waals surface area contributed by atoms with E-state index in [1.807, 2.05) is 7.05 Å². The van der Waals surface area contributed by atoms with Gasteiger partial charge in [-0.15, -0.1) is 24.0 Å². The molecule has 2 heterocycles. The first-order valence-electron chi connectivity index (χ1n) is 8.64. The van der Waals surface area contributed by atoms with Crippen molar-refractivity contribution in [2.24, 2.45) is 22.2 Å². The van der Waals surface area contributed by atoms with Gasteiger partial charge in [-0.05, 0) is 31.6 Å². The molecule has 2 saturated heterocycles. The van der Waals surface area contributed by atoms with Crippen LogP contribution in [0, 0.1) is 17.3 Å². The largest absolute Gasteiger partial charge is 0.377 e. The van der Waals surface area contributed by atoms with Crippen molar-refractivity contribution >= 4 is 29.9 Å². The van der Waals surface area contributed by atoms with Crippen molar-refractivity contribution in [3.8, 4) is 0 Å². The molecule has 1 saturated carbocycles. The molecule has 4 unspecified atom stereocenters. The number of rotatable bonds is 1. The van der Waals surface area contributed by atoms with Crippen LogP contribution in [0.3, 0.4) is 0 Å². The van der Waals surface area contributed by atoms with Crippen LogP contribution in [0.25, 0.3) is 0 Å². The van der Waals surface area contributed by atoms with E-state index >= 15 is 0 Å². The first kappa shape index (κ1) is 18.3. The van der Waals surface area contributed by atoms with Gasteiger partial charge in [0, 0.05) is 44.1 Å². The van der Waals surface area contributed by atoms with E-state index in [-0.39, 0.29) is 29.4 Å². The number of aliphatic imine (C=N–C) groups is 1. The fraction of sp³-hybridized carbons (Fsp3) is 0.941. The van der Waals surface area contributed by atoms with Crippen molar-refractivity contribution in [1.29, 1.82) is 0 Å². The Balaban J connectivity index is 0.00000176. The van der Waals surface area contributed by atoms with E-state index in [1.54, 1.807) is 0 Å². The summed E-state index contributed by atoms with van der Waals surface area (Å²) in [6.45, 7) is 10.2. The SMILES string of the molecule is CN=C(NC1C2CCCOC2C1(C)C)N1CCCC(C)C1.I. The minimum absolute atomic E-state index is 0. The van der Waals surface area contributed by atoms with E-state index in [2.05, 4.69) is 36.0 Å². The topological polar surface area (TPSA) is 36.9 Å². The van der Waals surface area contributed by atoms with Crippen LogP contribution in [0.5, 0.6) is 0 Å². The summed E-state index contributed by atoms with van der Waals surface area (Å²) < 4.78 is 6.01. The number of likely N-dealkylation sites (tertiary alicyclic amines) is 1. The van der Waals surface area contributed by atoms with Gasteiger partial charge in [-0.1, -0.05) is 20.8 Å². The molecular weight excluding hydrogens is 389 g/mol. The van der Waals surface area contributed by atoms with Gasteiger partial charge in [0.2, 0.25) is 0 Å². The van der Waals surface area contributed by atoms with E-state index in [4.69, 9.17) is 4.74 Å². The zero-order valence-corrected chi connectivity index (χ0v) is 16.8. The summed E-state index contributed by atoms with van der Waals surface area (Å²) in [4.78, 5) is 7.01. The number of halogens is 1. The van der Waals surface area contributed by atoms with Gasteiger partial charge >= 0.3 is 0 Å². The standard InChI is InChI=1S/C17H31N3O.HI/c1-12-7-5-9-20(11-12)16(18-4)19-14-13-8-6-10-21-15(13)17(14,2)3;/h12-15H,5-11H2,1-4H3,(H,18,19);1H. The fourth-order valence-electron chi connectivity index (χ4n) is 4.63. The van der Waals surface area contributed by atoms with Crippen molar-refractivity contribution in [2.75, 3.05) is 26.7 Å². The maximum atomic E-state index is 6.01. The lowest BCUT2D eigenvalue weighted by Crippen LogP contribution is -2.71. The molecular formula is C17H32IN3O. The summed E-state index contributed by atoms with van der Waals surface area (Å²) >= 11 is 0. The minimum atomic E-state index is 0. The molecule has 2 aliphatic heterocycles. The Labute approximate surface area is 152 Å². The molecule has 128 valence electrons. The number of ether oxygens (including phenoxy) is 1. The van der Waals surface area contributed by atoms with Gasteiger partial charge in [0.05, 0.1) is 6.10 Å². The highest BCUT2D eigenvalue weighted by Crippen LogP contribution is 2.51. The Morgan fingerprint density at radius 2 is 2.05 bits per heavy atom. The average molecular weight is 421 g/mol. The van der Waals surface area contributed by atoms with Crippen LogP contribution in [0.1, 0.15) is 46.5 Å². The van der Waals surface area contributed by atoms with Gasteiger partial charge in [-0.25, -0.2) is 0 Å². The number of guanidine groups is 1. The summed E-state index contributed by atoms with van der Waals surface area (Å²) in [6, 6.07) is 0.499. The summed E-state index contributed by atoms with van der Waals surface area (Å²) in [5.41, 5.74) is 0.211. The molecule has 22 heavy (non-hydrogen) atoms. The lowest BCUT2D eigenvalue weighted by Gasteiger charge is -2.60. The molecule has 1 N–H and O–H groups in total. The second-order valence-corrected chi connectivity index (χ2v) is 7.78. The summed E-state index contributed by atoms with van der Waals surface area (Å²) in [6.07, 6.45) is 5.56. The monoisotopic (exact) mass is 421 g/mol. The van der Waals surface area contributed by atoms with Crippen LogP contribution < -0.4 is 5.32 Å². The predicted octanol–water partition coefficient (Wildman–Crippen LogP) is 3.12. The number of piperidine rings is 1. The first-order chi connectivity index (χ1) is 10.0. The van der Waals surface area contributed by atoms with Crippen molar-refractivity contribution in [3.63, 3.8) is 0 Å². The predicted molar refractivity (Wildman–Crippen MR) is 102 cm³/mol. The molecule has 0 amide bonds. The van der Waals surface area contributed by atoms with Crippen molar-refractivity contribution in [2.45, 2.75) is 58.6 Å². The molecule has 0 aromatic rings. The van der Waals surface area contributed by atoms with Crippen LogP contribution in [0.4, 0.5) is 0 Å². The zero-order valence-electron chi connectivity index (χ0n) is 14.5. The molecule has 4 nitrogen and oxygen atoms in total. The van der Waals surface area contributed by atoms with E-state index < -0.39 is 0 Å². The van der Waals surface area contributed by atoms with Crippen molar-refractivity contribution in [3.05, 3.63) is 0 Å². The molecule has 4 atom stereocenters. The first-order valence-corrected chi connectivity index (χ1v) is 8.64. The van der Waals surface area contributed by atoms with Gasteiger partial charge in [-0.2, -0.15) is 0 Å². The van der Waals surface area contributed by atoms with E-state index in [0.29, 0.717) is 18.1 Å². The van der Waals surface area contributed by atoms with Crippen LogP contribution in [-0.2, 0) is 4.74 Å². The quantitative estimate of drug-likeness (QED) is 0.402. The maximum Gasteiger partial charge on any atom is 0.193 e. The molecule has 1 aliphatic carbocycles. The van der Waals surface area contributed by atoms with Crippen molar-refractivity contribution < 1.29 is 4.74 Å². The normalized spacial score (nSPS) is 37.6. The number of hydrogen-bond acceptors (Lipinski definition) is 2. The molecule has 3 aliphatic rings. The number of hydrogen-bond donors (Lipinski definition) is 1. The van der Waals surface area contributed by atoms with Crippen LogP contribution >= 0.6 is 24.0 Å². The zero-order chi connectivity index (χ0) is 15.0. The third-order valence-electron chi connectivity index (χ3n) is 5.78. The summed E-state index contributed by atoms with van der Waals surface area (Å²) in [5.74, 6) is 2.54. The van der Waals surface area contributed by atoms with Gasteiger partial charge in [0.1, 0.15) is 0 Å². The number of nitrogens with one attached hydrogen (secondary N) is 1. The van der Waals surface area contributed by atoms with Crippen LogP contribution in [0.2, 0.25) is 0 Å². The fourth-order valence-corrected chi connectivity index (χ4v) is 4.63. The smallest absolute Gasteiger partial charge is 0.193 e. The molecule has 0 aromatic carbocycles. The lowest BCUT2D eigenvalue weighted by atomic mass is 9.55. The van der Waals surface area contributed by atoms with Gasteiger partial charge in [0.15, 0.2) is 5.96 Å². The lowest BCUT2D eigenvalue weighted by molar-refractivity contribution is -0.188. The third-order valence-corrected chi connectivity index (χ3v) is 5.78. The Kier molecular flexibility index (Phi) is 6.02. The highest BCUT2D eigenvalue weighted by atomic mass is 127. The maximum absolute atomic E-state index is 6.01. The number of fused-ring (bicyclic) bond motifs is 1. The molecule has 3 rings (SSSR count). The second kappa shape index (κ2) is 7.24. The third kappa shape index (κ3) is 3.25. The van der Waals surface area contributed by atoms with Gasteiger partial charge < -0.3 is 15.0 Å². The van der Waals surface area contributed by atoms with E-state index in [1.165, 1.54) is 25.7 Å². The molecule has 0 spiro atoms. The minimum Gasteiger partial charge on any atom is -0.377 e. The number of nitrogens with zero attached hydrogens (tertiary/aromatic N) is 2. The molecule has 5 heteroatoms. The van der Waals surface area contributed by atoms with Crippen LogP contribution in [0.15, 0.2) is 4.99 Å². The molecule has 3 fully saturated rings. The summed E-state index contributed by atoms with van der Waals surface area (Å²) in [7, 11) is 1.92. The molecule has 0 bridgehead atoms. The van der Waals surface area contributed by atoms with Crippen LogP contribution in [-0.4, -0.2) is 49.7 Å². The average Bonchev–Trinajstić information content (AvgIpc) is 2.48. The molecule has 0 radical (unpaired) electrons. The summed E-state index contributed by atoms with van der Waals surface area (Å²) in [5, 5.41) is 3.78. The highest BCUT2D eigenvalue weighted by Gasteiger charge is 2.58. The Hall–Kier alpha value is -0.0400. The second-order valence-electron chi connectivity index (χ2n) is 7.78. The van der Waals surface area contributed by atoms with Crippen molar-refractivity contribution in [1.82, 2.24) is 10.2 Å². The van der Waals surface area contributed by atoms with Gasteiger partial charge in [0.25, 0.3) is 0 Å². The van der Waals surface area contributed by atoms with Gasteiger partial charge in [-0.3, -0.25) is 4.99 Å². The Bertz CT molecular complexity index is 413. The Morgan fingerprint density at radius 3 is 2.73 bits per heavy atom. The Morgan fingerprint density at radius 1 is 1.27 bits per heavy atom. The highest BCUT2D eigenvalue weighted by molar-refractivity contribution is 14.0. The molecule has 0 aromatic heterocycles.